The first-order valence-electron chi connectivity index (χ1n) is 12.0. The third-order valence-corrected chi connectivity index (χ3v) is 6.40. The van der Waals surface area contributed by atoms with Crippen LogP contribution in [0, 0.1) is 6.92 Å². The fourth-order valence-corrected chi connectivity index (χ4v) is 4.43. The fraction of sp³-hybridized carbons (Fsp3) is 0.357. The van der Waals surface area contributed by atoms with Crippen molar-refractivity contribution in [2.24, 2.45) is 0 Å². The van der Waals surface area contributed by atoms with Crippen LogP contribution in [0.2, 0.25) is 0 Å². The minimum atomic E-state index is -0.273. The summed E-state index contributed by atoms with van der Waals surface area (Å²) in [4.78, 5) is 23.8. The number of aryl methyl sites for hydroxylation is 1. The van der Waals surface area contributed by atoms with E-state index in [2.05, 4.69) is 71.3 Å². The van der Waals surface area contributed by atoms with Gasteiger partial charge in [0.15, 0.2) is 0 Å². The standard InChI is InChI=1S/C28H34N4O3/c1-6-35-28(33)32-18-17-31(19-25(32)21-9-7-20(2)8-10-21)24-15-16-26(34-5)29-27(24)22-11-13-23(14-12-22)30(3)4/h7-16,25H,6,17-19H2,1-5H3. The Morgan fingerprint density at radius 2 is 1.74 bits per heavy atom. The van der Waals surface area contributed by atoms with Gasteiger partial charge in [0, 0.05) is 51.0 Å². The Bertz CT molecular complexity index is 1150. The van der Waals surface area contributed by atoms with Gasteiger partial charge in [-0.25, -0.2) is 9.78 Å². The van der Waals surface area contributed by atoms with E-state index in [-0.39, 0.29) is 12.1 Å². The maximum absolute atomic E-state index is 12.8. The molecule has 2 heterocycles. The molecule has 1 amide bonds. The SMILES string of the molecule is CCOC(=O)N1CCN(c2ccc(OC)nc2-c2ccc(N(C)C)cc2)CC1c1ccc(C)cc1. The molecule has 7 nitrogen and oxygen atoms in total. The number of nitrogens with zero attached hydrogens (tertiary/aromatic N) is 4. The van der Waals surface area contributed by atoms with Crippen LogP contribution in [0.5, 0.6) is 5.88 Å². The summed E-state index contributed by atoms with van der Waals surface area (Å²) in [6.07, 6.45) is -0.273. The van der Waals surface area contributed by atoms with Gasteiger partial charge in [-0.3, -0.25) is 4.90 Å². The van der Waals surface area contributed by atoms with Gasteiger partial charge in [0.1, 0.15) is 0 Å². The molecule has 1 saturated heterocycles. The van der Waals surface area contributed by atoms with Crippen LogP contribution in [-0.2, 0) is 4.74 Å². The van der Waals surface area contributed by atoms with E-state index in [1.54, 1.807) is 7.11 Å². The molecule has 0 saturated carbocycles. The summed E-state index contributed by atoms with van der Waals surface area (Å²) in [6, 6.07) is 20.6. The Morgan fingerprint density at radius 3 is 2.37 bits per heavy atom. The highest BCUT2D eigenvalue weighted by molar-refractivity contribution is 5.77. The number of hydrogen-bond acceptors (Lipinski definition) is 6. The predicted molar refractivity (Wildman–Crippen MR) is 140 cm³/mol. The molecule has 1 aromatic heterocycles. The second-order valence-electron chi connectivity index (χ2n) is 8.93. The minimum Gasteiger partial charge on any atom is -0.481 e. The van der Waals surface area contributed by atoms with E-state index in [1.807, 2.05) is 32.0 Å². The summed E-state index contributed by atoms with van der Waals surface area (Å²) in [5.41, 5.74) is 6.30. The molecule has 1 aliphatic heterocycles. The lowest BCUT2D eigenvalue weighted by atomic mass is 10.00. The number of amides is 1. The number of pyridine rings is 1. The molecule has 35 heavy (non-hydrogen) atoms. The third kappa shape index (κ3) is 5.34. The average molecular weight is 475 g/mol. The van der Waals surface area contributed by atoms with E-state index < -0.39 is 0 Å². The van der Waals surface area contributed by atoms with Gasteiger partial charge in [0.2, 0.25) is 5.88 Å². The monoisotopic (exact) mass is 474 g/mol. The van der Waals surface area contributed by atoms with E-state index in [1.165, 1.54) is 5.56 Å². The van der Waals surface area contributed by atoms with Crippen LogP contribution >= 0.6 is 0 Å². The first-order chi connectivity index (χ1) is 16.9. The molecule has 7 heteroatoms. The molecule has 3 aromatic rings. The third-order valence-electron chi connectivity index (χ3n) is 6.40. The van der Waals surface area contributed by atoms with Crippen molar-refractivity contribution < 1.29 is 14.3 Å². The first-order valence-corrected chi connectivity index (χ1v) is 12.0. The Kier molecular flexibility index (Phi) is 7.44. The highest BCUT2D eigenvalue weighted by Gasteiger charge is 2.33. The normalized spacial score (nSPS) is 15.6. The van der Waals surface area contributed by atoms with Crippen LogP contribution in [0.3, 0.4) is 0 Å². The molecule has 0 N–H and O–H groups in total. The molecule has 1 fully saturated rings. The highest BCUT2D eigenvalue weighted by atomic mass is 16.6. The molecule has 1 atom stereocenters. The molecule has 0 radical (unpaired) electrons. The number of carbonyl (C=O) groups excluding carboxylic acids is 1. The molecule has 2 aromatic carbocycles. The Hall–Kier alpha value is -3.74. The van der Waals surface area contributed by atoms with Gasteiger partial charge in [-0.15, -0.1) is 0 Å². The summed E-state index contributed by atoms with van der Waals surface area (Å²) in [6.45, 7) is 6.14. The van der Waals surface area contributed by atoms with Crippen molar-refractivity contribution in [2.75, 3.05) is 57.2 Å². The number of aromatic nitrogens is 1. The van der Waals surface area contributed by atoms with Crippen LogP contribution in [0.1, 0.15) is 24.1 Å². The summed E-state index contributed by atoms with van der Waals surface area (Å²) in [5.74, 6) is 0.570. The van der Waals surface area contributed by atoms with E-state index in [9.17, 15) is 4.79 Å². The number of ether oxygens (including phenoxy) is 2. The number of anilines is 2. The van der Waals surface area contributed by atoms with Crippen molar-refractivity contribution in [1.29, 1.82) is 0 Å². The number of piperazine rings is 1. The van der Waals surface area contributed by atoms with Crippen molar-refractivity contribution in [3.05, 3.63) is 71.8 Å². The zero-order valence-corrected chi connectivity index (χ0v) is 21.2. The molecule has 1 aliphatic rings. The van der Waals surface area contributed by atoms with Crippen molar-refractivity contribution >= 4 is 17.5 Å². The second-order valence-corrected chi connectivity index (χ2v) is 8.93. The van der Waals surface area contributed by atoms with Crippen LogP contribution < -0.4 is 14.5 Å². The predicted octanol–water partition coefficient (Wildman–Crippen LogP) is 5.15. The van der Waals surface area contributed by atoms with Crippen LogP contribution in [0.25, 0.3) is 11.3 Å². The van der Waals surface area contributed by atoms with Gasteiger partial charge in [0.25, 0.3) is 0 Å². The summed E-state index contributed by atoms with van der Waals surface area (Å²) < 4.78 is 10.8. The van der Waals surface area contributed by atoms with Gasteiger partial charge in [-0.05, 0) is 37.6 Å². The molecule has 0 aliphatic carbocycles. The van der Waals surface area contributed by atoms with Crippen molar-refractivity contribution in [2.45, 2.75) is 19.9 Å². The lowest BCUT2D eigenvalue weighted by Crippen LogP contribution is -2.51. The summed E-state index contributed by atoms with van der Waals surface area (Å²) >= 11 is 0. The van der Waals surface area contributed by atoms with Crippen LogP contribution in [0.4, 0.5) is 16.2 Å². The van der Waals surface area contributed by atoms with Crippen molar-refractivity contribution in [3.8, 4) is 17.1 Å². The number of benzene rings is 2. The van der Waals surface area contributed by atoms with Gasteiger partial charge >= 0.3 is 6.09 Å². The van der Waals surface area contributed by atoms with Crippen molar-refractivity contribution in [1.82, 2.24) is 9.88 Å². The van der Waals surface area contributed by atoms with Crippen LogP contribution in [0.15, 0.2) is 60.7 Å². The Morgan fingerprint density at radius 1 is 1.03 bits per heavy atom. The highest BCUT2D eigenvalue weighted by Crippen LogP contribution is 2.36. The van der Waals surface area contributed by atoms with Gasteiger partial charge in [-0.2, -0.15) is 0 Å². The summed E-state index contributed by atoms with van der Waals surface area (Å²) in [7, 11) is 5.68. The quantitative estimate of drug-likeness (QED) is 0.492. The lowest BCUT2D eigenvalue weighted by molar-refractivity contribution is 0.0853. The smallest absolute Gasteiger partial charge is 0.410 e. The van der Waals surface area contributed by atoms with E-state index in [0.29, 0.717) is 32.1 Å². The minimum absolute atomic E-state index is 0.130. The molecule has 184 valence electrons. The second kappa shape index (κ2) is 10.7. The van der Waals surface area contributed by atoms with Gasteiger partial charge < -0.3 is 19.3 Å². The maximum Gasteiger partial charge on any atom is 0.410 e. The fourth-order valence-electron chi connectivity index (χ4n) is 4.43. The number of rotatable bonds is 6. The lowest BCUT2D eigenvalue weighted by Gasteiger charge is -2.42. The van der Waals surface area contributed by atoms with E-state index in [4.69, 9.17) is 14.5 Å². The van der Waals surface area contributed by atoms with Crippen molar-refractivity contribution in [3.63, 3.8) is 0 Å². The maximum atomic E-state index is 12.8. The Labute approximate surface area is 207 Å². The summed E-state index contributed by atoms with van der Waals surface area (Å²) in [5, 5.41) is 0. The van der Waals surface area contributed by atoms with Gasteiger partial charge in [0.05, 0.1) is 31.1 Å². The molecule has 4 rings (SSSR count). The molecule has 0 spiro atoms. The molecular formula is C28H34N4O3. The number of methoxy groups -OCH3 is 1. The van der Waals surface area contributed by atoms with Crippen LogP contribution in [-0.4, -0.2) is 63.4 Å². The zero-order chi connectivity index (χ0) is 24.9. The molecule has 0 bridgehead atoms. The van der Waals surface area contributed by atoms with Gasteiger partial charge in [-0.1, -0.05) is 42.0 Å². The van der Waals surface area contributed by atoms with E-state index >= 15 is 0 Å². The largest absolute Gasteiger partial charge is 0.481 e. The first kappa shape index (κ1) is 24.4. The topological polar surface area (TPSA) is 58.1 Å². The average Bonchev–Trinajstić information content (AvgIpc) is 2.88. The Balaban J connectivity index is 1.71. The zero-order valence-electron chi connectivity index (χ0n) is 21.2. The number of hydrogen-bond donors (Lipinski definition) is 0. The number of carbonyl (C=O) groups is 1. The molecule has 1 unspecified atom stereocenters. The van der Waals surface area contributed by atoms with E-state index in [0.717, 1.165) is 28.2 Å². The molecular weight excluding hydrogens is 440 g/mol.